The van der Waals surface area contributed by atoms with Crippen LogP contribution in [0, 0.1) is 22.7 Å². The molecule has 3 heteroatoms. The smallest absolute Gasteiger partial charge is 0.168 e. The highest BCUT2D eigenvalue weighted by molar-refractivity contribution is 5.70. The highest BCUT2D eigenvalue weighted by atomic mass is 16.5. The fraction of sp³-hybridized carbons (Fsp3) is 0.636. The van der Waals surface area contributed by atoms with Gasteiger partial charge in [0.1, 0.15) is 5.75 Å². The Morgan fingerprint density at radius 2 is 1.84 bits per heavy atom. The first-order valence-electron chi connectivity index (χ1n) is 9.51. The van der Waals surface area contributed by atoms with Gasteiger partial charge >= 0.3 is 0 Å². The summed E-state index contributed by atoms with van der Waals surface area (Å²) in [5.41, 5.74) is 2.49. The summed E-state index contributed by atoms with van der Waals surface area (Å²) < 4.78 is 5.45. The van der Waals surface area contributed by atoms with E-state index in [4.69, 9.17) is 4.74 Å². The van der Waals surface area contributed by atoms with Gasteiger partial charge in [0.2, 0.25) is 0 Å². The maximum absolute atomic E-state index is 10.4. The van der Waals surface area contributed by atoms with Crippen LogP contribution in [0.25, 0.3) is 6.08 Å². The minimum absolute atomic E-state index is 0.0835. The zero-order valence-corrected chi connectivity index (χ0v) is 16.2. The lowest BCUT2D eigenvalue weighted by atomic mass is 9.48. The van der Waals surface area contributed by atoms with Crippen LogP contribution in [-0.4, -0.2) is 17.3 Å². The van der Waals surface area contributed by atoms with Crippen molar-refractivity contribution in [1.29, 1.82) is 0 Å². The van der Waals surface area contributed by atoms with Crippen molar-refractivity contribution in [1.82, 2.24) is 0 Å². The molecule has 0 radical (unpaired) electrons. The number of benzene rings is 1. The van der Waals surface area contributed by atoms with E-state index in [1.165, 1.54) is 43.7 Å². The summed E-state index contributed by atoms with van der Waals surface area (Å²) in [6, 6.07) is 3.20. The summed E-state index contributed by atoms with van der Waals surface area (Å²) >= 11 is 0. The van der Waals surface area contributed by atoms with E-state index in [9.17, 15) is 10.2 Å². The van der Waals surface area contributed by atoms with Gasteiger partial charge in [-0.05, 0) is 66.6 Å². The van der Waals surface area contributed by atoms with Crippen molar-refractivity contribution in [3.8, 4) is 17.2 Å². The summed E-state index contributed by atoms with van der Waals surface area (Å²) in [6.07, 6.45) is 8.27. The van der Waals surface area contributed by atoms with E-state index in [0.29, 0.717) is 28.6 Å². The number of hydrogen-bond donors (Lipinski definition) is 2. The lowest BCUT2D eigenvalue weighted by molar-refractivity contribution is -0.00535. The van der Waals surface area contributed by atoms with E-state index >= 15 is 0 Å². The van der Waals surface area contributed by atoms with Gasteiger partial charge in [-0.25, -0.2) is 0 Å². The molecule has 3 rings (SSSR count). The molecule has 2 N–H and O–H groups in total. The molecule has 3 atom stereocenters. The summed E-state index contributed by atoms with van der Waals surface area (Å²) in [5.74, 6) is 1.56. The number of allylic oxidation sites excluding steroid dienone is 1. The van der Waals surface area contributed by atoms with Crippen LogP contribution in [0.1, 0.15) is 65.4 Å². The Morgan fingerprint density at radius 3 is 2.52 bits per heavy atom. The van der Waals surface area contributed by atoms with E-state index in [1.54, 1.807) is 13.2 Å². The largest absolute Gasteiger partial charge is 0.504 e. The van der Waals surface area contributed by atoms with Gasteiger partial charge in [-0.15, -0.1) is 0 Å². The molecule has 0 aromatic heterocycles. The zero-order valence-electron chi connectivity index (χ0n) is 16.2. The van der Waals surface area contributed by atoms with Gasteiger partial charge in [0.05, 0.1) is 12.7 Å². The molecule has 0 bridgehead atoms. The Labute approximate surface area is 151 Å². The van der Waals surface area contributed by atoms with Crippen LogP contribution in [0.3, 0.4) is 0 Å². The SMILES string of the molecule is COc1ccc(O)c(O)c1C=C1[C@@H](C)CCC2C(C)(C)CCC[C@]12C. The van der Waals surface area contributed by atoms with Gasteiger partial charge in [0.15, 0.2) is 11.5 Å². The highest BCUT2D eigenvalue weighted by Gasteiger charge is 2.51. The molecule has 138 valence electrons. The number of fused-ring (bicyclic) bond motifs is 1. The molecule has 0 spiro atoms. The molecule has 2 aliphatic carbocycles. The molecule has 1 aromatic carbocycles. The first-order valence-corrected chi connectivity index (χ1v) is 9.51. The fourth-order valence-corrected chi connectivity index (χ4v) is 5.67. The fourth-order valence-electron chi connectivity index (χ4n) is 5.67. The van der Waals surface area contributed by atoms with Gasteiger partial charge < -0.3 is 14.9 Å². The Bertz CT molecular complexity index is 689. The molecule has 0 heterocycles. The van der Waals surface area contributed by atoms with Gasteiger partial charge in [-0.3, -0.25) is 0 Å². The minimum Gasteiger partial charge on any atom is -0.504 e. The van der Waals surface area contributed by atoms with Gasteiger partial charge in [-0.1, -0.05) is 39.7 Å². The Kier molecular flexibility index (Phi) is 4.55. The van der Waals surface area contributed by atoms with E-state index in [2.05, 4.69) is 33.8 Å². The molecule has 0 saturated heterocycles. The van der Waals surface area contributed by atoms with Gasteiger partial charge in [-0.2, -0.15) is 0 Å². The number of methoxy groups -OCH3 is 1. The van der Waals surface area contributed by atoms with Crippen molar-refractivity contribution in [2.24, 2.45) is 22.7 Å². The predicted molar refractivity (Wildman–Crippen MR) is 102 cm³/mol. The summed E-state index contributed by atoms with van der Waals surface area (Å²) in [6.45, 7) is 9.53. The number of rotatable bonds is 2. The molecular weight excluding hydrogens is 312 g/mol. The van der Waals surface area contributed by atoms with Gasteiger partial charge in [0, 0.05) is 0 Å². The van der Waals surface area contributed by atoms with Crippen LogP contribution in [-0.2, 0) is 0 Å². The molecule has 3 nitrogen and oxygen atoms in total. The lowest BCUT2D eigenvalue weighted by Crippen LogP contribution is -2.47. The van der Waals surface area contributed by atoms with Crippen molar-refractivity contribution in [3.63, 3.8) is 0 Å². The van der Waals surface area contributed by atoms with Crippen molar-refractivity contribution in [3.05, 3.63) is 23.3 Å². The van der Waals surface area contributed by atoms with E-state index in [0.717, 1.165) is 0 Å². The van der Waals surface area contributed by atoms with Crippen LogP contribution in [0.4, 0.5) is 0 Å². The number of phenolic OH excluding ortho intramolecular Hbond substituents is 2. The Balaban J connectivity index is 2.14. The minimum atomic E-state index is -0.0956. The number of ether oxygens (including phenoxy) is 1. The van der Waals surface area contributed by atoms with Crippen molar-refractivity contribution in [2.75, 3.05) is 7.11 Å². The van der Waals surface area contributed by atoms with E-state index < -0.39 is 0 Å². The third kappa shape index (κ3) is 2.92. The third-order valence-corrected chi connectivity index (χ3v) is 6.98. The van der Waals surface area contributed by atoms with Crippen LogP contribution < -0.4 is 4.74 Å². The standard InChI is InChI=1S/C22H32O3/c1-14-7-10-19-21(2,3)11-6-12-22(19,4)16(14)13-15-18(25-5)9-8-17(23)20(15)24/h8-9,13-14,19,23-24H,6-7,10-12H2,1-5H3/t14-,19?,22+/m0/s1. The molecule has 2 saturated carbocycles. The normalized spacial score (nSPS) is 33.1. The van der Waals surface area contributed by atoms with Crippen LogP contribution in [0.5, 0.6) is 17.2 Å². The van der Waals surface area contributed by atoms with Gasteiger partial charge in [0.25, 0.3) is 0 Å². The third-order valence-electron chi connectivity index (χ3n) is 6.98. The molecular formula is C22H32O3. The van der Waals surface area contributed by atoms with Crippen molar-refractivity contribution in [2.45, 2.75) is 59.8 Å². The second kappa shape index (κ2) is 6.26. The van der Waals surface area contributed by atoms with E-state index in [-0.39, 0.29) is 16.9 Å². The molecule has 25 heavy (non-hydrogen) atoms. The average molecular weight is 344 g/mol. The first-order chi connectivity index (χ1) is 11.7. The Morgan fingerprint density at radius 1 is 1.12 bits per heavy atom. The second-order valence-electron chi connectivity index (χ2n) is 8.94. The van der Waals surface area contributed by atoms with Crippen molar-refractivity contribution < 1.29 is 14.9 Å². The molecule has 1 unspecified atom stereocenters. The monoisotopic (exact) mass is 344 g/mol. The maximum Gasteiger partial charge on any atom is 0.168 e. The quantitative estimate of drug-likeness (QED) is 0.671. The summed E-state index contributed by atoms with van der Waals surface area (Å²) in [5, 5.41) is 20.4. The zero-order chi connectivity index (χ0) is 18.4. The topological polar surface area (TPSA) is 49.7 Å². The Hall–Kier alpha value is -1.64. The number of hydrogen-bond acceptors (Lipinski definition) is 3. The summed E-state index contributed by atoms with van der Waals surface area (Å²) in [7, 11) is 1.60. The molecule has 1 aromatic rings. The van der Waals surface area contributed by atoms with E-state index in [1.807, 2.05) is 0 Å². The maximum atomic E-state index is 10.4. The average Bonchev–Trinajstić information content (AvgIpc) is 2.54. The second-order valence-corrected chi connectivity index (χ2v) is 8.94. The molecule has 2 aliphatic rings. The molecule has 0 aliphatic heterocycles. The van der Waals surface area contributed by atoms with Crippen LogP contribution >= 0.6 is 0 Å². The number of aromatic hydroxyl groups is 2. The lowest BCUT2D eigenvalue weighted by Gasteiger charge is -2.56. The molecule has 0 amide bonds. The number of phenols is 2. The summed E-state index contributed by atoms with van der Waals surface area (Å²) in [4.78, 5) is 0. The first kappa shape index (κ1) is 18.2. The predicted octanol–water partition coefficient (Wildman–Crippen LogP) is 5.75. The van der Waals surface area contributed by atoms with Crippen LogP contribution in [0.15, 0.2) is 17.7 Å². The molecule has 2 fully saturated rings. The van der Waals surface area contributed by atoms with Crippen LogP contribution in [0.2, 0.25) is 0 Å². The van der Waals surface area contributed by atoms with Crippen molar-refractivity contribution >= 4 is 6.08 Å². The highest BCUT2D eigenvalue weighted by Crippen LogP contribution is 2.61.